The molecule has 100 valence electrons. The van der Waals surface area contributed by atoms with E-state index in [-0.39, 0.29) is 5.91 Å². The normalized spacial score (nSPS) is 10.6. The van der Waals surface area contributed by atoms with Crippen molar-refractivity contribution in [3.63, 3.8) is 0 Å². The molecule has 0 rings (SSSR count). The van der Waals surface area contributed by atoms with Gasteiger partial charge in [0.15, 0.2) is 0 Å². The lowest BCUT2D eigenvalue weighted by Crippen LogP contribution is -2.39. The number of nitrogens with zero attached hydrogens (tertiary/aromatic N) is 2. The molecule has 0 aliphatic rings. The van der Waals surface area contributed by atoms with Crippen molar-refractivity contribution in [3.05, 3.63) is 0 Å². The van der Waals surface area contributed by atoms with Crippen LogP contribution in [0, 0.1) is 0 Å². The molecule has 0 aromatic heterocycles. The van der Waals surface area contributed by atoms with Crippen molar-refractivity contribution in [1.29, 1.82) is 0 Å². The Morgan fingerprint density at radius 3 is 2.41 bits per heavy atom. The molecular formula is C12H25N3OS. The number of nitrogens with two attached hydrogens (primary N) is 1. The number of hydrogen-bond donors (Lipinski definition) is 1. The molecule has 0 radical (unpaired) electrons. The minimum Gasteiger partial charge on any atom is -0.393 e. The molecule has 0 aliphatic heterocycles. The highest BCUT2D eigenvalue weighted by molar-refractivity contribution is 7.80. The van der Waals surface area contributed by atoms with Gasteiger partial charge >= 0.3 is 0 Å². The average Bonchev–Trinajstić information content (AvgIpc) is 2.30. The predicted molar refractivity (Wildman–Crippen MR) is 76.1 cm³/mol. The monoisotopic (exact) mass is 259 g/mol. The molecule has 0 unspecified atom stereocenters. The van der Waals surface area contributed by atoms with Gasteiger partial charge in [0, 0.05) is 20.0 Å². The zero-order chi connectivity index (χ0) is 13.3. The van der Waals surface area contributed by atoms with Crippen LogP contribution in [0.25, 0.3) is 0 Å². The molecule has 0 aromatic rings. The summed E-state index contributed by atoms with van der Waals surface area (Å²) in [6.07, 6.45) is 2.89. The summed E-state index contributed by atoms with van der Waals surface area (Å²) in [5, 5.41) is 0. The predicted octanol–water partition coefficient (Wildman–Crippen LogP) is 1.24. The first-order valence-corrected chi connectivity index (χ1v) is 6.66. The van der Waals surface area contributed by atoms with Crippen molar-refractivity contribution in [1.82, 2.24) is 9.80 Å². The molecule has 1 amide bonds. The van der Waals surface area contributed by atoms with E-state index in [1.807, 2.05) is 0 Å². The average molecular weight is 259 g/mol. The summed E-state index contributed by atoms with van der Waals surface area (Å²) in [6.45, 7) is 7.24. The van der Waals surface area contributed by atoms with Crippen molar-refractivity contribution in [3.8, 4) is 0 Å². The second kappa shape index (κ2) is 9.36. The van der Waals surface area contributed by atoms with E-state index in [2.05, 4.69) is 18.7 Å². The Labute approximate surface area is 110 Å². The van der Waals surface area contributed by atoms with Gasteiger partial charge in [0.2, 0.25) is 5.91 Å². The van der Waals surface area contributed by atoms with Gasteiger partial charge in [-0.3, -0.25) is 9.69 Å². The number of amides is 1. The molecule has 0 fully saturated rings. The molecule has 17 heavy (non-hydrogen) atoms. The third-order valence-corrected chi connectivity index (χ3v) is 2.96. The Kier molecular flexibility index (Phi) is 8.99. The van der Waals surface area contributed by atoms with Crippen molar-refractivity contribution >= 4 is 23.1 Å². The van der Waals surface area contributed by atoms with Crippen molar-refractivity contribution in [2.75, 3.05) is 33.2 Å². The summed E-state index contributed by atoms with van der Waals surface area (Å²) in [6, 6.07) is 0. The second-order valence-electron chi connectivity index (χ2n) is 4.25. The van der Waals surface area contributed by atoms with Gasteiger partial charge in [0.05, 0.1) is 11.5 Å². The molecule has 0 aromatic carbocycles. The first kappa shape index (κ1) is 16.3. The molecule has 0 saturated heterocycles. The smallest absolute Gasteiger partial charge is 0.236 e. The molecule has 0 spiro atoms. The third kappa shape index (κ3) is 8.10. The zero-order valence-electron chi connectivity index (χ0n) is 11.2. The molecule has 0 bridgehead atoms. The van der Waals surface area contributed by atoms with E-state index in [9.17, 15) is 4.79 Å². The van der Waals surface area contributed by atoms with E-state index >= 15 is 0 Å². The van der Waals surface area contributed by atoms with Gasteiger partial charge in [-0.15, -0.1) is 0 Å². The SMILES string of the molecule is CCCCN(CC)CC(=O)N(C)CCC(N)=S. The number of unbranched alkanes of at least 4 members (excludes halogenated alkanes) is 1. The van der Waals surface area contributed by atoms with Crippen LogP contribution in [0.1, 0.15) is 33.1 Å². The van der Waals surface area contributed by atoms with Gasteiger partial charge in [-0.25, -0.2) is 0 Å². The van der Waals surface area contributed by atoms with Gasteiger partial charge in [0.25, 0.3) is 0 Å². The number of hydrogen-bond acceptors (Lipinski definition) is 3. The van der Waals surface area contributed by atoms with Crippen molar-refractivity contribution < 1.29 is 4.79 Å². The number of carbonyl (C=O) groups is 1. The minimum absolute atomic E-state index is 0.138. The molecule has 0 saturated carbocycles. The standard InChI is InChI=1S/C12H25N3OS/c1-4-6-8-15(5-2)10-12(16)14(3)9-7-11(13)17/h4-10H2,1-3H3,(H2,13,17). The van der Waals surface area contributed by atoms with E-state index in [4.69, 9.17) is 18.0 Å². The topological polar surface area (TPSA) is 49.6 Å². The quantitative estimate of drug-likeness (QED) is 0.633. The largest absolute Gasteiger partial charge is 0.393 e. The van der Waals surface area contributed by atoms with Crippen LogP contribution >= 0.6 is 12.2 Å². The maximum absolute atomic E-state index is 11.9. The fourth-order valence-electron chi connectivity index (χ4n) is 1.45. The minimum atomic E-state index is 0.138. The van der Waals surface area contributed by atoms with Gasteiger partial charge in [0.1, 0.15) is 0 Å². The number of rotatable bonds is 9. The maximum atomic E-state index is 11.9. The van der Waals surface area contributed by atoms with Crippen LogP contribution < -0.4 is 5.73 Å². The van der Waals surface area contributed by atoms with Crippen molar-refractivity contribution in [2.24, 2.45) is 5.73 Å². The number of carbonyl (C=O) groups excluding carboxylic acids is 1. The molecular weight excluding hydrogens is 234 g/mol. The Morgan fingerprint density at radius 2 is 1.94 bits per heavy atom. The molecule has 0 aliphatic carbocycles. The lowest BCUT2D eigenvalue weighted by Gasteiger charge is -2.23. The first-order chi connectivity index (χ1) is 8.01. The van der Waals surface area contributed by atoms with Crippen LogP contribution in [-0.2, 0) is 4.79 Å². The van der Waals surface area contributed by atoms with Crippen LogP contribution in [0.4, 0.5) is 0 Å². The van der Waals surface area contributed by atoms with E-state index < -0.39 is 0 Å². The molecule has 4 nitrogen and oxygen atoms in total. The Bertz CT molecular complexity index is 246. The second-order valence-corrected chi connectivity index (χ2v) is 4.78. The summed E-state index contributed by atoms with van der Waals surface area (Å²) in [5.74, 6) is 0.138. The first-order valence-electron chi connectivity index (χ1n) is 6.25. The summed E-state index contributed by atoms with van der Waals surface area (Å²) in [7, 11) is 1.80. The summed E-state index contributed by atoms with van der Waals surface area (Å²) >= 11 is 4.80. The van der Waals surface area contributed by atoms with E-state index in [1.54, 1.807) is 11.9 Å². The highest BCUT2D eigenvalue weighted by Gasteiger charge is 2.12. The molecule has 2 N–H and O–H groups in total. The van der Waals surface area contributed by atoms with Crippen LogP contribution in [0.15, 0.2) is 0 Å². The third-order valence-electron chi connectivity index (χ3n) is 2.75. The Morgan fingerprint density at radius 1 is 1.29 bits per heavy atom. The van der Waals surface area contributed by atoms with Crippen LogP contribution in [0.5, 0.6) is 0 Å². The molecule has 0 heterocycles. The summed E-state index contributed by atoms with van der Waals surface area (Å²) < 4.78 is 0. The van der Waals surface area contributed by atoms with Gasteiger partial charge < -0.3 is 10.6 Å². The lowest BCUT2D eigenvalue weighted by molar-refractivity contribution is -0.131. The zero-order valence-corrected chi connectivity index (χ0v) is 12.1. The number of likely N-dealkylation sites (N-methyl/N-ethyl adjacent to an activating group) is 2. The van der Waals surface area contributed by atoms with E-state index in [1.165, 1.54) is 0 Å². The molecule has 5 heteroatoms. The fourth-order valence-corrected chi connectivity index (χ4v) is 1.54. The maximum Gasteiger partial charge on any atom is 0.236 e. The van der Waals surface area contributed by atoms with Crippen molar-refractivity contribution in [2.45, 2.75) is 33.1 Å². The van der Waals surface area contributed by atoms with Crippen LogP contribution in [-0.4, -0.2) is 53.9 Å². The summed E-state index contributed by atoms with van der Waals surface area (Å²) in [4.78, 5) is 16.2. The van der Waals surface area contributed by atoms with Gasteiger partial charge in [-0.05, 0) is 19.5 Å². The highest BCUT2D eigenvalue weighted by Crippen LogP contribution is 1.97. The summed E-state index contributed by atoms with van der Waals surface area (Å²) in [5.41, 5.74) is 5.42. The van der Waals surface area contributed by atoms with Crippen LogP contribution in [0.3, 0.4) is 0 Å². The van der Waals surface area contributed by atoms with E-state index in [0.29, 0.717) is 24.5 Å². The Balaban J connectivity index is 3.98. The van der Waals surface area contributed by atoms with E-state index in [0.717, 1.165) is 25.9 Å². The number of thiocarbonyl (C=S) groups is 1. The fraction of sp³-hybridized carbons (Fsp3) is 0.833. The van der Waals surface area contributed by atoms with Gasteiger partial charge in [-0.1, -0.05) is 32.5 Å². The highest BCUT2D eigenvalue weighted by atomic mass is 32.1. The Hall–Kier alpha value is -0.680. The lowest BCUT2D eigenvalue weighted by atomic mass is 10.3. The molecule has 0 atom stereocenters. The van der Waals surface area contributed by atoms with Gasteiger partial charge in [-0.2, -0.15) is 0 Å². The van der Waals surface area contributed by atoms with Crippen LogP contribution in [0.2, 0.25) is 0 Å².